The molecule has 2 aromatic carbocycles. The third-order valence-corrected chi connectivity index (χ3v) is 4.42. The van der Waals surface area contributed by atoms with Crippen LogP contribution in [-0.4, -0.2) is 24.6 Å². The quantitative estimate of drug-likeness (QED) is 0.532. The molecule has 3 heterocycles. The van der Waals surface area contributed by atoms with Gasteiger partial charge in [0.15, 0.2) is 5.65 Å². The number of pyridine rings is 1. The van der Waals surface area contributed by atoms with Gasteiger partial charge in [0, 0.05) is 17.1 Å². The lowest BCUT2D eigenvalue weighted by molar-refractivity contribution is 1.09. The van der Waals surface area contributed by atoms with E-state index < -0.39 is 0 Å². The number of nitrogens with two attached hydrogens (primary N) is 1. The summed E-state index contributed by atoms with van der Waals surface area (Å²) in [5, 5.41) is 9.38. The molecule has 0 aliphatic carbocycles. The summed E-state index contributed by atoms with van der Waals surface area (Å²) in [5.74, 6) is 0.357. The largest absolute Gasteiger partial charge is 0.369 e. The Morgan fingerprint density at radius 2 is 1.77 bits per heavy atom. The zero-order valence-electron chi connectivity index (χ0n) is 13.7. The van der Waals surface area contributed by atoms with E-state index >= 15 is 0 Å². The monoisotopic (exact) mass is 338 g/mol. The molecule has 0 aliphatic heterocycles. The van der Waals surface area contributed by atoms with Crippen LogP contribution in [0, 0.1) is 0 Å². The van der Waals surface area contributed by atoms with Gasteiger partial charge in [-0.2, -0.15) is 0 Å². The van der Waals surface area contributed by atoms with Gasteiger partial charge in [-0.25, -0.2) is 4.98 Å². The Kier molecular flexibility index (Phi) is 3.15. The molecule has 0 bridgehead atoms. The van der Waals surface area contributed by atoms with Gasteiger partial charge in [-0.1, -0.05) is 42.5 Å². The van der Waals surface area contributed by atoms with Crippen LogP contribution in [0.3, 0.4) is 0 Å². The number of aromatic nitrogens is 5. The SMILES string of the molecule is Nc1nc(-c2ccccc2)c(-c2ccc3ncccc3c2)c2nncn12. The second-order valence-electron chi connectivity index (χ2n) is 6.00. The minimum absolute atomic E-state index is 0.357. The van der Waals surface area contributed by atoms with Crippen LogP contribution in [0.1, 0.15) is 0 Å². The maximum Gasteiger partial charge on any atom is 0.207 e. The highest BCUT2D eigenvalue weighted by Gasteiger charge is 2.18. The summed E-state index contributed by atoms with van der Waals surface area (Å²) in [6, 6.07) is 20.1. The molecule has 6 heteroatoms. The van der Waals surface area contributed by atoms with Crippen molar-refractivity contribution in [3.63, 3.8) is 0 Å². The lowest BCUT2D eigenvalue weighted by Crippen LogP contribution is -2.04. The van der Waals surface area contributed by atoms with Crippen molar-refractivity contribution < 1.29 is 0 Å². The molecule has 0 radical (unpaired) electrons. The van der Waals surface area contributed by atoms with Crippen LogP contribution in [-0.2, 0) is 0 Å². The van der Waals surface area contributed by atoms with Crippen LogP contribution in [0.25, 0.3) is 38.9 Å². The number of hydrogen-bond donors (Lipinski definition) is 1. The predicted octanol–water partition coefficient (Wildman–Crippen LogP) is 3.59. The second-order valence-corrected chi connectivity index (χ2v) is 6.00. The van der Waals surface area contributed by atoms with E-state index in [2.05, 4.69) is 26.2 Å². The molecular weight excluding hydrogens is 324 g/mol. The van der Waals surface area contributed by atoms with Crippen molar-refractivity contribution >= 4 is 22.5 Å². The molecule has 6 nitrogen and oxygen atoms in total. The molecule has 26 heavy (non-hydrogen) atoms. The summed E-state index contributed by atoms with van der Waals surface area (Å²) in [4.78, 5) is 9.04. The number of benzene rings is 2. The second kappa shape index (κ2) is 5.63. The highest BCUT2D eigenvalue weighted by atomic mass is 15.3. The fraction of sp³-hybridized carbons (Fsp3) is 0. The Hall–Kier alpha value is -3.80. The molecule has 2 N–H and O–H groups in total. The van der Waals surface area contributed by atoms with Crippen molar-refractivity contribution in [2.75, 3.05) is 5.73 Å². The highest BCUT2D eigenvalue weighted by Crippen LogP contribution is 2.35. The third kappa shape index (κ3) is 2.20. The molecule has 5 aromatic rings. The summed E-state index contributed by atoms with van der Waals surface area (Å²) < 4.78 is 1.70. The molecule has 3 aromatic heterocycles. The van der Waals surface area contributed by atoms with Crippen LogP contribution in [0.4, 0.5) is 5.95 Å². The standard InChI is InChI=1S/C20H14N6/c21-20-24-18(13-5-2-1-3-6-13)17(19-25-23-12-26(19)20)15-8-9-16-14(11-15)7-4-10-22-16/h1-12H,(H2,21,24). The van der Waals surface area contributed by atoms with E-state index in [-0.39, 0.29) is 0 Å². The van der Waals surface area contributed by atoms with Gasteiger partial charge >= 0.3 is 0 Å². The average molecular weight is 338 g/mol. The first-order chi connectivity index (χ1) is 12.8. The van der Waals surface area contributed by atoms with Crippen molar-refractivity contribution in [3.05, 3.63) is 73.2 Å². The van der Waals surface area contributed by atoms with Crippen molar-refractivity contribution in [2.45, 2.75) is 0 Å². The molecule has 124 valence electrons. The fourth-order valence-electron chi connectivity index (χ4n) is 3.21. The Labute approximate surface area is 149 Å². The van der Waals surface area contributed by atoms with E-state index in [4.69, 9.17) is 5.73 Å². The molecule has 0 saturated heterocycles. The molecule has 0 atom stereocenters. The number of nitrogen functional groups attached to an aromatic ring is 1. The van der Waals surface area contributed by atoms with E-state index in [1.54, 1.807) is 16.9 Å². The summed E-state index contributed by atoms with van der Waals surface area (Å²) >= 11 is 0. The first kappa shape index (κ1) is 14.5. The summed E-state index contributed by atoms with van der Waals surface area (Å²) in [5.41, 5.74) is 11.4. The number of fused-ring (bicyclic) bond motifs is 2. The van der Waals surface area contributed by atoms with Gasteiger partial charge in [-0.3, -0.25) is 9.38 Å². The minimum Gasteiger partial charge on any atom is -0.369 e. The summed E-state index contributed by atoms with van der Waals surface area (Å²) in [6.07, 6.45) is 3.37. The van der Waals surface area contributed by atoms with Crippen molar-refractivity contribution in [2.24, 2.45) is 0 Å². The normalized spacial score (nSPS) is 11.2. The Morgan fingerprint density at radius 1 is 0.885 bits per heavy atom. The number of anilines is 1. The van der Waals surface area contributed by atoms with E-state index in [9.17, 15) is 0 Å². The van der Waals surface area contributed by atoms with Crippen LogP contribution in [0.5, 0.6) is 0 Å². The van der Waals surface area contributed by atoms with Gasteiger partial charge in [0.25, 0.3) is 0 Å². The predicted molar refractivity (Wildman–Crippen MR) is 101 cm³/mol. The molecular formula is C20H14N6. The van der Waals surface area contributed by atoms with Crippen LogP contribution < -0.4 is 5.73 Å². The fourth-order valence-corrected chi connectivity index (χ4v) is 3.21. The first-order valence-corrected chi connectivity index (χ1v) is 8.21. The topological polar surface area (TPSA) is 82.0 Å². The van der Waals surface area contributed by atoms with E-state index in [0.29, 0.717) is 11.6 Å². The third-order valence-electron chi connectivity index (χ3n) is 4.42. The number of nitrogens with zero attached hydrogens (tertiary/aromatic N) is 5. The van der Waals surface area contributed by atoms with Gasteiger partial charge < -0.3 is 5.73 Å². The number of rotatable bonds is 2. The smallest absolute Gasteiger partial charge is 0.207 e. The minimum atomic E-state index is 0.357. The molecule has 0 saturated carbocycles. The van der Waals surface area contributed by atoms with Crippen LogP contribution in [0.15, 0.2) is 73.2 Å². The Morgan fingerprint density at radius 3 is 2.65 bits per heavy atom. The summed E-state index contributed by atoms with van der Waals surface area (Å²) in [7, 11) is 0. The molecule has 0 unspecified atom stereocenters. The zero-order chi connectivity index (χ0) is 17.5. The van der Waals surface area contributed by atoms with Gasteiger partial charge in [0.1, 0.15) is 6.33 Å². The van der Waals surface area contributed by atoms with Crippen LogP contribution in [0.2, 0.25) is 0 Å². The Balaban J connectivity index is 1.87. The Bertz CT molecular complexity index is 1240. The molecule has 0 amide bonds. The van der Waals surface area contributed by atoms with Gasteiger partial charge in [0.2, 0.25) is 5.95 Å². The average Bonchev–Trinajstić information content (AvgIpc) is 3.18. The zero-order valence-corrected chi connectivity index (χ0v) is 13.7. The molecule has 5 rings (SSSR count). The molecule has 0 fully saturated rings. The highest BCUT2D eigenvalue weighted by molar-refractivity contribution is 5.94. The first-order valence-electron chi connectivity index (χ1n) is 8.21. The van der Waals surface area contributed by atoms with Crippen molar-refractivity contribution in [1.82, 2.24) is 24.6 Å². The van der Waals surface area contributed by atoms with Gasteiger partial charge in [-0.15, -0.1) is 10.2 Å². The van der Waals surface area contributed by atoms with E-state index in [1.165, 1.54) is 0 Å². The van der Waals surface area contributed by atoms with E-state index in [1.807, 2.05) is 54.6 Å². The lowest BCUT2D eigenvalue weighted by Gasteiger charge is -2.12. The van der Waals surface area contributed by atoms with Crippen LogP contribution >= 0.6 is 0 Å². The van der Waals surface area contributed by atoms with Gasteiger partial charge in [0.05, 0.1) is 16.8 Å². The summed E-state index contributed by atoms with van der Waals surface area (Å²) in [6.45, 7) is 0. The van der Waals surface area contributed by atoms with Gasteiger partial charge in [-0.05, 0) is 23.8 Å². The van der Waals surface area contributed by atoms with E-state index in [0.717, 1.165) is 33.3 Å². The number of hydrogen-bond acceptors (Lipinski definition) is 5. The maximum atomic E-state index is 6.14. The van der Waals surface area contributed by atoms with Crippen molar-refractivity contribution in [3.8, 4) is 22.4 Å². The van der Waals surface area contributed by atoms with Crippen molar-refractivity contribution in [1.29, 1.82) is 0 Å². The molecule has 0 aliphatic rings. The maximum absolute atomic E-state index is 6.14. The lowest BCUT2D eigenvalue weighted by atomic mass is 9.98. The molecule has 0 spiro atoms.